The standard InChI is InChI=1S/C11H20N2O3.C2HF3O2/c1-3-9-11(16)12(4-2)7-8-13(9)6-5-10(14)15;3-2(4,5)1(6)7/h9H,3-8H2,1-2H3,(H,14,15);(H,6,7). The van der Waals surface area contributed by atoms with Crippen LogP contribution in [-0.2, 0) is 14.4 Å². The predicted octanol–water partition coefficient (Wildman–Crippen LogP) is 1.04. The third kappa shape index (κ3) is 7.31. The molecule has 0 spiro atoms. The van der Waals surface area contributed by atoms with Crippen molar-refractivity contribution in [3.63, 3.8) is 0 Å². The topological polar surface area (TPSA) is 98.2 Å². The highest BCUT2D eigenvalue weighted by Crippen LogP contribution is 2.14. The van der Waals surface area contributed by atoms with E-state index in [0.717, 1.165) is 19.5 Å². The maximum absolute atomic E-state index is 12.0. The molecule has 1 saturated heterocycles. The Morgan fingerprint density at radius 3 is 2.09 bits per heavy atom. The minimum Gasteiger partial charge on any atom is -0.481 e. The van der Waals surface area contributed by atoms with Gasteiger partial charge in [0.25, 0.3) is 0 Å². The van der Waals surface area contributed by atoms with Crippen molar-refractivity contribution in [1.82, 2.24) is 9.80 Å². The quantitative estimate of drug-likeness (QED) is 0.775. The van der Waals surface area contributed by atoms with E-state index in [9.17, 15) is 22.8 Å². The van der Waals surface area contributed by atoms with Crippen LogP contribution in [0, 0.1) is 0 Å². The van der Waals surface area contributed by atoms with E-state index >= 15 is 0 Å². The zero-order chi connectivity index (χ0) is 18.2. The fourth-order valence-electron chi connectivity index (χ4n) is 2.14. The molecule has 0 aromatic rings. The molecule has 0 radical (unpaired) electrons. The van der Waals surface area contributed by atoms with Gasteiger partial charge in [0.1, 0.15) is 0 Å². The van der Waals surface area contributed by atoms with Gasteiger partial charge in [-0.05, 0) is 13.3 Å². The number of carboxylic acid groups (broad SMARTS) is 2. The van der Waals surface area contributed by atoms with Crippen LogP contribution >= 0.6 is 0 Å². The Balaban J connectivity index is 0.000000585. The maximum atomic E-state index is 12.0. The van der Waals surface area contributed by atoms with Crippen molar-refractivity contribution in [1.29, 1.82) is 0 Å². The van der Waals surface area contributed by atoms with Crippen molar-refractivity contribution in [3.05, 3.63) is 0 Å². The number of carboxylic acids is 2. The van der Waals surface area contributed by atoms with E-state index in [4.69, 9.17) is 15.0 Å². The lowest BCUT2D eigenvalue weighted by Crippen LogP contribution is -2.56. The number of rotatable bonds is 5. The van der Waals surface area contributed by atoms with E-state index in [1.165, 1.54) is 0 Å². The summed E-state index contributed by atoms with van der Waals surface area (Å²) in [6.45, 7) is 6.64. The van der Waals surface area contributed by atoms with Crippen molar-refractivity contribution in [2.24, 2.45) is 0 Å². The number of likely N-dealkylation sites (N-methyl/N-ethyl adjacent to an activating group) is 1. The molecular formula is C13H21F3N2O5. The zero-order valence-corrected chi connectivity index (χ0v) is 13.0. The van der Waals surface area contributed by atoms with E-state index in [-0.39, 0.29) is 18.4 Å². The number of amides is 1. The third-order valence-electron chi connectivity index (χ3n) is 3.32. The first kappa shape index (κ1) is 21.2. The molecule has 1 rings (SSSR count). The van der Waals surface area contributed by atoms with Gasteiger partial charge in [0.15, 0.2) is 0 Å². The van der Waals surface area contributed by atoms with Crippen LogP contribution in [0.2, 0.25) is 0 Å². The summed E-state index contributed by atoms with van der Waals surface area (Å²) < 4.78 is 31.7. The first-order valence-corrected chi connectivity index (χ1v) is 7.09. The van der Waals surface area contributed by atoms with E-state index in [1.807, 2.05) is 23.6 Å². The number of alkyl halides is 3. The highest BCUT2D eigenvalue weighted by Gasteiger charge is 2.38. The summed E-state index contributed by atoms with van der Waals surface area (Å²) in [4.78, 5) is 35.2. The summed E-state index contributed by atoms with van der Waals surface area (Å²) in [6.07, 6.45) is -4.23. The number of piperazine rings is 1. The third-order valence-corrected chi connectivity index (χ3v) is 3.32. The largest absolute Gasteiger partial charge is 0.490 e. The molecule has 1 aliphatic heterocycles. The molecule has 2 N–H and O–H groups in total. The molecule has 0 bridgehead atoms. The lowest BCUT2D eigenvalue weighted by molar-refractivity contribution is -0.192. The summed E-state index contributed by atoms with van der Waals surface area (Å²) in [7, 11) is 0. The summed E-state index contributed by atoms with van der Waals surface area (Å²) in [5.41, 5.74) is 0. The highest BCUT2D eigenvalue weighted by molar-refractivity contribution is 5.82. The van der Waals surface area contributed by atoms with E-state index in [2.05, 4.69) is 0 Å². The number of halogens is 3. The summed E-state index contributed by atoms with van der Waals surface area (Å²) in [6, 6.07) is -0.131. The molecular weight excluding hydrogens is 321 g/mol. The number of carbonyl (C=O) groups excluding carboxylic acids is 1. The van der Waals surface area contributed by atoms with Gasteiger partial charge >= 0.3 is 18.1 Å². The van der Waals surface area contributed by atoms with Crippen LogP contribution < -0.4 is 0 Å². The van der Waals surface area contributed by atoms with Crippen LogP contribution in [0.25, 0.3) is 0 Å². The molecule has 23 heavy (non-hydrogen) atoms. The van der Waals surface area contributed by atoms with Crippen LogP contribution in [0.3, 0.4) is 0 Å². The van der Waals surface area contributed by atoms with E-state index in [1.54, 1.807) is 0 Å². The fourth-order valence-corrected chi connectivity index (χ4v) is 2.14. The average Bonchev–Trinajstić information content (AvgIpc) is 2.44. The number of nitrogens with zero attached hydrogens (tertiary/aromatic N) is 2. The SMILES string of the molecule is CCC1C(=O)N(CC)CCN1CCC(=O)O.O=C(O)C(F)(F)F. The number of hydrogen-bond donors (Lipinski definition) is 2. The first-order chi connectivity index (χ1) is 10.5. The normalized spacial score (nSPS) is 19.1. The number of carbonyl (C=O) groups is 3. The Morgan fingerprint density at radius 2 is 1.74 bits per heavy atom. The molecule has 0 saturated carbocycles. The van der Waals surface area contributed by atoms with Gasteiger partial charge < -0.3 is 15.1 Å². The lowest BCUT2D eigenvalue weighted by atomic mass is 10.1. The van der Waals surface area contributed by atoms with Crippen molar-refractivity contribution in [3.8, 4) is 0 Å². The molecule has 134 valence electrons. The summed E-state index contributed by atoms with van der Waals surface area (Å²) in [5, 5.41) is 15.8. The molecule has 10 heteroatoms. The van der Waals surface area contributed by atoms with Crippen LogP contribution in [0.15, 0.2) is 0 Å². The molecule has 1 atom stereocenters. The number of aliphatic carboxylic acids is 2. The van der Waals surface area contributed by atoms with Gasteiger partial charge in [0, 0.05) is 26.2 Å². The Kier molecular flexibility index (Phi) is 8.59. The van der Waals surface area contributed by atoms with Crippen LogP contribution in [0.5, 0.6) is 0 Å². The van der Waals surface area contributed by atoms with Gasteiger partial charge in [0.2, 0.25) is 5.91 Å². The van der Waals surface area contributed by atoms with Gasteiger partial charge in [-0.25, -0.2) is 4.79 Å². The summed E-state index contributed by atoms with van der Waals surface area (Å²) in [5.74, 6) is -3.42. The number of hydrogen-bond acceptors (Lipinski definition) is 4. The van der Waals surface area contributed by atoms with Gasteiger partial charge in [0.05, 0.1) is 12.5 Å². The second-order valence-corrected chi connectivity index (χ2v) is 4.82. The van der Waals surface area contributed by atoms with Crippen molar-refractivity contribution in [2.45, 2.75) is 38.9 Å². The predicted molar refractivity (Wildman–Crippen MR) is 73.8 cm³/mol. The van der Waals surface area contributed by atoms with Crippen LogP contribution in [0.4, 0.5) is 13.2 Å². The highest BCUT2D eigenvalue weighted by atomic mass is 19.4. The zero-order valence-electron chi connectivity index (χ0n) is 13.0. The Bertz CT molecular complexity index is 428. The van der Waals surface area contributed by atoms with Gasteiger partial charge in [-0.15, -0.1) is 0 Å². The smallest absolute Gasteiger partial charge is 0.481 e. The van der Waals surface area contributed by atoms with Gasteiger partial charge in [-0.1, -0.05) is 6.92 Å². The maximum Gasteiger partial charge on any atom is 0.490 e. The molecule has 1 fully saturated rings. The Labute approximate surface area is 131 Å². The molecule has 1 unspecified atom stereocenters. The second-order valence-electron chi connectivity index (χ2n) is 4.82. The second kappa shape index (κ2) is 9.33. The average molecular weight is 342 g/mol. The molecule has 0 aromatic carbocycles. The summed E-state index contributed by atoms with van der Waals surface area (Å²) >= 11 is 0. The van der Waals surface area contributed by atoms with E-state index < -0.39 is 18.1 Å². The van der Waals surface area contributed by atoms with Crippen molar-refractivity contribution < 1.29 is 37.8 Å². The van der Waals surface area contributed by atoms with Crippen molar-refractivity contribution in [2.75, 3.05) is 26.2 Å². The Morgan fingerprint density at radius 1 is 1.22 bits per heavy atom. The molecule has 7 nitrogen and oxygen atoms in total. The van der Waals surface area contributed by atoms with Crippen molar-refractivity contribution >= 4 is 17.8 Å². The molecule has 0 aromatic heterocycles. The van der Waals surface area contributed by atoms with Crippen LogP contribution in [-0.4, -0.2) is 76.3 Å². The molecule has 1 heterocycles. The monoisotopic (exact) mass is 342 g/mol. The minimum absolute atomic E-state index is 0.107. The van der Waals surface area contributed by atoms with Crippen LogP contribution in [0.1, 0.15) is 26.7 Å². The fraction of sp³-hybridized carbons (Fsp3) is 0.769. The first-order valence-electron chi connectivity index (χ1n) is 7.09. The molecule has 1 amide bonds. The minimum atomic E-state index is -5.08. The van der Waals surface area contributed by atoms with Gasteiger partial charge in [-0.3, -0.25) is 14.5 Å². The Hall–Kier alpha value is -1.84. The van der Waals surface area contributed by atoms with Gasteiger partial charge in [-0.2, -0.15) is 13.2 Å². The molecule has 1 aliphatic rings. The lowest BCUT2D eigenvalue weighted by Gasteiger charge is -2.39. The molecule has 0 aliphatic carbocycles. The van der Waals surface area contributed by atoms with E-state index in [0.29, 0.717) is 13.1 Å².